The average Bonchev–Trinajstić information content (AvgIpc) is 3.35. The molecule has 0 spiro atoms. The first-order valence-electron chi connectivity index (χ1n) is 9.96. The fraction of sp³-hybridized carbons (Fsp3) is 0.0833. The number of aryl methyl sites for hydroxylation is 1. The van der Waals surface area contributed by atoms with E-state index in [1.165, 1.54) is 12.1 Å². The summed E-state index contributed by atoms with van der Waals surface area (Å²) in [6.45, 7) is 1.34. The summed E-state index contributed by atoms with van der Waals surface area (Å²) in [5.74, 6) is -1.31. The van der Waals surface area contributed by atoms with Crippen LogP contribution in [-0.4, -0.2) is 39.6 Å². The molecule has 4 rings (SSSR count). The maximum absolute atomic E-state index is 12.7. The molecule has 172 valence electrons. The molecule has 10 heteroatoms. The number of halogens is 1. The summed E-state index contributed by atoms with van der Waals surface area (Å²) < 4.78 is 5.79. The molecule has 3 amide bonds. The van der Waals surface area contributed by atoms with Crippen molar-refractivity contribution in [2.45, 2.75) is 6.92 Å². The standard InChI is InChI=1S/C24H17ClN2O6S/c1-13-10-14(23(30)31)2-8-18(13)19-9-7-17(33-19)11-20-22(29)27(24(32)34-20)12-21(28)26-16-5-3-15(25)4-6-16/h2-11H,12H2,1H3,(H,26,28)(H,30,31)/b20-11-. The topological polar surface area (TPSA) is 117 Å². The number of carboxylic acid groups (broad SMARTS) is 1. The molecule has 34 heavy (non-hydrogen) atoms. The maximum atomic E-state index is 12.7. The van der Waals surface area contributed by atoms with Crippen molar-refractivity contribution in [3.05, 3.63) is 81.4 Å². The number of amides is 3. The van der Waals surface area contributed by atoms with Gasteiger partial charge in [0.25, 0.3) is 11.1 Å². The highest BCUT2D eigenvalue weighted by Crippen LogP contribution is 2.34. The number of imide groups is 1. The number of thioether (sulfide) groups is 1. The summed E-state index contributed by atoms with van der Waals surface area (Å²) in [6.07, 6.45) is 1.44. The predicted molar refractivity (Wildman–Crippen MR) is 129 cm³/mol. The van der Waals surface area contributed by atoms with E-state index in [1.807, 2.05) is 0 Å². The normalized spacial score (nSPS) is 14.6. The lowest BCUT2D eigenvalue weighted by molar-refractivity contribution is -0.127. The van der Waals surface area contributed by atoms with Gasteiger partial charge in [0, 0.05) is 22.3 Å². The van der Waals surface area contributed by atoms with Gasteiger partial charge < -0.3 is 14.8 Å². The number of benzene rings is 2. The molecule has 3 aromatic rings. The molecule has 1 aliphatic heterocycles. The number of anilines is 1. The van der Waals surface area contributed by atoms with Crippen molar-refractivity contribution in [3.63, 3.8) is 0 Å². The van der Waals surface area contributed by atoms with Gasteiger partial charge in [0.2, 0.25) is 5.91 Å². The van der Waals surface area contributed by atoms with Crippen molar-refractivity contribution in [3.8, 4) is 11.3 Å². The number of hydrogen-bond acceptors (Lipinski definition) is 6. The third kappa shape index (κ3) is 5.05. The number of aromatic carboxylic acids is 1. The van der Waals surface area contributed by atoms with Crippen LogP contribution in [0.5, 0.6) is 0 Å². The van der Waals surface area contributed by atoms with E-state index in [0.29, 0.717) is 45.1 Å². The lowest BCUT2D eigenvalue weighted by Gasteiger charge is -2.12. The van der Waals surface area contributed by atoms with Gasteiger partial charge in [0.15, 0.2) is 0 Å². The quantitative estimate of drug-likeness (QED) is 0.446. The molecule has 0 bridgehead atoms. The summed E-state index contributed by atoms with van der Waals surface area (Å²) in [5, 5.41) is 11.7. The van der Waals surface area contributed by atoms with Crippen LogP contribution in [0.2, 0.25) is 5.02 Å². The van der Waals surface area contributed by atoms with Gasteiger partial charge in [-0.2, -0.15) is 0 Å². The minimum absolute atomic E-state index is 0.128. The molecular weight excluding hydrogens is 480 g/mol. The van der Waals surface area contributed by atoms with Crippen LogP contribution in [0.15, 0.2) is 63.9 Å². The monoisotopic (exact) mass is 496 g/mol. The Labute approximate surface area is 203 Å². The zero-order valence-corrected chi connectivity index (χ0v) is 19.3. The first kappa shape index (κ1) is 23.3. The summed E-state index contributed by atoms with van der Waals surface area (Å²) in [4.78, 5) is 49.4. The second-order valence-corrected chi connectivity index (χ2v) is 8.79. The highest BCUT2D eigenvalue weighted by Gasteiger charge is 2.36. The molecule has 1 aromatic heterocycles. The fourth-order valence-electron chi connectivity index (χ4n) is 3.29. The summed E-state index contributed by atoms with van der Waals surface area (Å²) in [5.41, 5.74) is 2.08. The number of nitrogens with one attached hydrogen (secondary N) is 1. The van der Waals surface area contributed by atoms with E-state index < -0.39 is 29.6 Å². The molecule has 8 nitrogen and oxygen atoms in total. The lowest BCUT2D eigenvalue weighted by Crippen LogP contribution is -2.36. The molecular formula is C24H17ClN2O6S. The van der Waals surface area contributed by atoms with Gasteiger partial charge >= 0.3 is 5.97 Å². The smallest absolute Gasteiger partial charge is 0.335 e. The zero-order chi connectivity index (χ0) is 24.4. The number of carbonyl (C=O) groups excluding carboxylic acids is 3. The molecule has 0 radical (unpaired) electrons. The molecule has 0 unspecified atom stereocenters. The van der Waals surface area contributed by atoms with Crippen LogP contribution in [0.3, 0.4) is 0 Å². The lowest BCUT2D eigenvalue weighted by atomic mass is 10.0. The number of hydrogen-bond donors (Lipinski definition) is 2. The Morgan fingerprint density at radius 2 is 1.85 bits per heavy atom. The molecule has 2 aromatic carbocycles. The first-order chi connectivity index (χ1) is 16.2. The predicted octanol–water partition coefficient (Wildman–Crippen LogP) is 5.28. The minimum Gasteiger partial charge on any atom is -0.478 e. The molecule has 0 aliphatic carbocycles. The number of furan rings is 1. The fourth-order valence-corrected chi connectivity index (χ4v) is 4.24. The Hall–Kier alpha value is -3.82. The molecule has 1 aliphatic rings. The van der Waals surface area contributed by atoms with Crippen molar-refractivity contribution in [2.75, 3.05) is 11.9 Å². The zero-order valence-electron chi connectivity index (χ0n) is 17.7. The second kappa shape index (κ2) is 9.58. The summed E-state index contributed by atoms with van der Waals surface area (Å²) >= 11 is 6.54. The van der Waals surface area contributed by atoms with Gasteiger partial charge in [0.1, 0.15) is 18.1 Å². The largest absolute Gasteiger partial charge is 0.478 e. The van der Waals surface area contributed by atoms with E-state index in [0.717, 1.165) is 4.90 Å². The van der Waals surface area contributed by atoms with E-state index in [-0.39, 0.29) is 10.5 Å². The molecule has 2 heterocycles. The Morgan fingerprint density at radius 1 is 1.12 bits per heavy atom. The van der Waals surface area contributed by atoms with Gasteiger partial charge in [-0.25, -0.2) is 4.79 Å². The molecule has 1 fully saturated rings. The molecule has 2 N–H and O–H groups in total. The number of rotatable bonds is 6. The average molecular weight is 497 g/mol. The van der Waals surface area contributed by atoms with Crippen LogP contribution in [0.25, 0.3) is 17.4 Å². The van der Waals surface area contributed by atoms with Crippen LogP contribution >= 0.6 is 23.4 Å². The number of carbonyl (C=O) groups is 4. The number of nitrogens with zero attached hydrogens (tertiary/aromatic N) is 1. The second-order valence-electron chi connectivity index (χ2n) is 7.36. The summed E-state index contributed by atoms with van der Waals surface area (Å²) in [7, 11) is 0. The van der Waals surface area contributed by atoms with Gasteiger partial charge in [-0.1, -0.05) is 17.7 Å². The highest BCUT2D eigenvalue weighted by molar-refractivity contribution is 8.18. The molecule has 1 saturated heterocycles. The van der Waals surface area contributed by atoms with E-state index in [4.69, 9.17) is 21.1 Å². The minimum atomic E-state index is -1.02. The Bertz CT molecular complexity index is 1350. The third-order valence-corrected chi connectivity index (χ3v) is 6.10. The van der Waals surface area contributed by atoms with Gasteiger partial charge in [0.05, 0.1) is 10.5 Å². The first-order valence-corrected chi connectivity index (χ1v) is 11.2. The van der Waals surface area contributed by atoms with Crippen molar-refractivity contribution in [1.82, 2.24) is 4.90 Å². The maximum Gasteiger partial charge on any atom is 0.335 e. The van der Waals surface area contributed by atoms with Crippen LogP contribution in [0.1, 0.15) is 21.7 Å². The van der Waals surface area contributed by atoms with Crippen molar-refractivity contribution >= 4 is 58.1 Å². The SMILES string of the molecule is Cc1cc(C(=O)O)ccc1-c1ccc(/C=C2\SC(=O)N(CC(=O)Nc3ccc(Cl)cc3)C2=O)o1. The number of carboxylic acids is 1. The summed E-state index contributed by atoms with van der Waals surface area (Å²) in [6, 6.07) is 14.4. The van der Waals surface area contributed by atoms with Gasteiger partial charge in [-0.3, -0.25) is 19.3 Å². The van der Waals surface area contributed by atoms with Crippen molar-refractivity contribution in [2.24, 2.45) is 0 Å². The van der Waals surface area contributed by atoms with Crippen LogP contribution in [-0.2, 0) is 9.59 Å². The van der Waals surface area contributed by atoms with Crippen LogP contribution in [0.4, 0.5) is 10.5 Å². The van der Waals surface area contributed by atoms with Crippen LogP contribution < -0.4 is 5.32 Å². The van der Waals surface area contributed by atoms with Gasteiger partial charge in [-0.15, -0.1) is 0 Å². The van der Waals surface area contributed by atoms with E-state index in [1.54, 1.807) is 55.5 Å². The third-order valence-electron chi connectivity index (χ3n) is 4.94. The molecule has 0 atom stereocenters. The van der Waals surface area contributed by atoms with E-state index in [9.17, 15) is 19.2 Å². The Kier molecular flexibility index (Phi) is 6.58. The Morgan fingerprint density at radius 3 is 2.53 bits per heavy atom. The van der Waals surface area contributed by atoms with E-state index in [2.05, 4.69) is 5.32 Å². The van der Waals surface area contributed by atoms with Crippen molar-refractivity contribution < 1.29 is 28.7 Å². The molecule has 0 saturated carbocycles. The highest BCUT2D eigenvalue weighted by atomic mass is 35.5. The Balaban J connectivity index is 1.46. The van der Waals surface area contributed by atoms with Crippen LogP contribution in [0, 0.1) is 6.92 Å². The van der Waals surface area contributed by atoms with Gasteiger partial charge in [-0.05, 0) is 72.8 Å². The van der Waals surface area contributed by atoms with Crippen molar-refractivity contribution in [1.29, 1.82) is 0 Å². The van der Waals surface area contributed by atoms with E-state index >= 15 is 0 Å².